The Morgan fingerprint density at radius 3 is 2.18 bits per heavy atom. The first-order valence-corrected chi connectivity index (χ1v) is 5.92. The Balaban J connectivity index is 4.54. The molecule has 0 aromatic heterocycles. The van der Waals surface area contributed by atoms with E-state index in [0.29, 0.717) is 0 Å². The molecule has 0 fully saturated rings. The fourth-order valence-corrected chi connectivity index (χ4v) is 1.29. The molecule has 0 aliphatic heterocycles. The first kappa shape index (κ1) is 15.7. The molecule has 0 saturated carbocycles. The first-order chi connectivity index (χ1) is 7.71. The maximum atomic E-state index is 11.6. The van der Waals surface area contributed by atoms with Crippen LogP contribution in [-0.2, 0) is 9.53 Å². The van der Waals surface area contributed by atoms with Crippen molar-refractivity contribution in [2.75, 3.05) is 7.05 Å². The lowest BCUT2D eigenvalue weighted by Gasteiger charge is -2.25. The highest BCUT2D eigenvalue weighted by atomic mass is 16.6. The molecule has 0 aromatic rings. The molecule has 0 spiro atoms. The second-order valence-electron chi connectivity index (χ2n) is 5.12. The highest BCUT2D eigenvalue weighted by Gasteiger charge is 2.27. The van der Waals surface area contributed by atoms with Crippen LogP contribution in [0.4, 0.5) is 4.79 Å². The van der Waals surface area contributed by atoms with Crippen LogP contribution in [-0.4, -0.2) is 30.7 Å². The first-order valence-electron chi connectivity index (χ1n) is 5.92. The average Bonchev–Trinajstić information content (AvgIpc) is 2.21. The lowest BCUT2D eigenvalue weighted by atomic mass is 9.98. The van der Waals surface area contributed by atoms with Crippen molar-refractivity contribution in [2.45, 2.75) is 52.7 Å². The molecule has 0 unspecified atom stereocenters. The maximum absolute atomic E-state index is 11.6. The van der Waals surface area contributed by atoms with Gasteiger partial charge in [-0.15, -0.1) is 0 Å². The molecule has 0 bridgehead atoms. The van der Waals surface area contributed by atoms with Crippen molar-refractivity contribution in [3.63, 3.8) is 0 Å². The number of nitrogens with one attached hydrogen (secondary N) is 2. The lowest BCUT2D eigenvalue weighted by molar-refractivity contribution is -0.123. The van der Waals surface area contributed by atoms with E-state index < -0.39 is 17.7 Å². The molecule has 2 atom stereocenters. The van der Waals surface area contributed by atoms with E-state index in [1.165, 1.54) is 0 Å². The van der Waals surface area contributed by atoms with Crippen LogP contribution in [0.3, 0.4) is 0 Å². The zero-order valence-electron chi connectivity index (χ0n) is 11.6. The molecule has 0 heterocycles. The maximum Gasteiger partial charge on any atom is 0.408 e. The standard InChI is InChI=1S/C12H24N2O3/c1-7-8(2)9(10(15)13-6)14-11(16)17-12(3,4)5/h8-9H,7H2,1-6H3,(H,13,15)(H,14,16)/t8-,9+/m0/s1. The number of hydrogen-bond acceptors (Lipinski definition) is 3. The van der Waals surface area contributed by atoms with Crippen LogP contribution in [0, 0.1) is 5.92 Å². The average molecular weight is 244 g/mol. The van der Waals surface area contributed by atoms with Crippen LogP contribution in [0.25, 0.3) is 0 Å². The second kappa shape index (κ2) is 6.47. The highest BCUT2D eigenvalue weighted by molar-refractivity contribution is 5.85. The van der Waals surface area contributed by atoms with E-state index in [1.807, 2.05) is 13.8 Å². The highest BCUT2D eigenvalue weighted by Crippen LogP contribution is 2.11. The summed E-state index contributed by atoms with van der Waals surface area (Å²) in [5.41, 5.74) is -0.563. The van der Waals surface area contributed by atoms with E-state index in [1.54, 1.807) is 27.8 Å². The quantitative estimate of drug-likeness (QED) is 0.790. The third-order valence-electron chi connectivity index (χ3n) is 2.41. The molecule has 5 heteroatoms. The van der Waals surface area contributed by atoms with Gasteiger partial charge in [-0.05, 0) is 26.7 Å². The fourth-order valence-electron chi connectivity index (χ4n) is 1.29. The minimum Gasteiger partial charge on any atom is -0.444 e. The third kappa shape index (κ3) is 6.14. The molecule has 5 nitrogen and oxygen atoms in total. The summed E-state index contributed by atoms with van der Waals surface area (Å²) < 4.78 is 5.13. The summed E-state index contributed by atoms with van der Waals surface area (Å²) in [5, 5.41) is 5.14. The predicted molar refractivity (Wildman–Crippen MR) is 66.7 cm³/mol. The van der Waals surface area contributed by atoms with Gasteiger partial charge in [0.15, 0.2) is 0 Å². The van der Waals surface area contributed by atoms with E-state index >= 15 is 0 Å². The normalized spacial score (nSPS) is 14.7. The Bertz CT molecular complexity index is 271. The second-order valence-corrected chi connectivity index (χ2v) is 5.12. The number of likely N-dealkylation sites (N-methyl/N-ethyl adjacent to an activating group) is 1. The summed E-state index contributed by atoms with van der Waals surface area (Å²) >= 11 is 0. The topological polar surface area (TPSA) is 67.4 Å². The molecule has 0 aliphatic carbocycles. The van der Waals surface area contributed by atoms with E-state index in [-0.39, 0.29) is 11.8 Å². The van der Waals surface area contributed by atoms with Gasteiger partial charge >= 0.3 is 6.09 Å². The molecule has 2 N–H and O–H groups in total. The molecule has 17 heavy (non-hydrogen) atoms. The minimum absolute atomic E-state index is 0.0578. The van der Waals surface area contributed by atoms with Crippen molar-refractivity contribution < 1.29 is 14.3 Å². The van der Waals surface area contributed by atoms with Crippen LogP contribution in [0.2, 0.25) is 0 Å². The summed E-state index contributed by atoms with van der Waals surface area (Å²) in [6.07, 6.45) is 0.236. The van der Waals surface area contributed by atoms with E-state index in [9.17, 15) is 9.59 Å². The van der Waals surface area contributed by atoms with Crippen LogP contribution in [0.15, 0.2) is 0 Å². The molecular formula is C12H24N2O3. The van der Waals surface area contributed by atoms with Crippen LogP contribution in [0.5, 0.6) is 0 Å². The van der Waals surface area contributed by atoms with Crippen molar-refractivity contribution in [1.29, 1.82) is 0 Å². The molecule has 2 amide bonds. The number of carbonyl (C=O) groups is 2. The Morgan fingerprint density at radius 1 is 1.29 bits per heavy atom. The van der Waals surface area contributed by atoms with Crippen LogP contribution in [0.1, 0.15) is 41.0 Å². The third-order valence-corrected chi connectivity index (χ3v) is 2.41. The van der Waals surface area contributed by atoms with Crippen LogP contribution < -0.4 is 10.6 Å². The zero-order valence-corrected chi connectivity index (χ0v) is 11.6. The van der Waals surface area contributed by atoms with E-state index in [2.05, 4.69) is 10.6 Å². The van der Waals surface area contributed by atoms with Crippen molar-refractivity contribution in [2.24, 2.45) is 5.92 Å². The number of rotatable bonds is 4. The van der Waals surface area contributed by atoms with E-state index in [4.69, 9.17) is 4.74 Å². The molecule has 0 aromatic carbocycles. The predicted octanol–water partition coefficient (Wildman–Crippen LogP) is 1.67. The monoisotopic (exact) mass is 244 g/mol. The van der Waals surface area contributed by atoms with Gasteiger partial charge in [0.25, 0.3) is 0 Å². The van der Waals surface area contributed by atoms with Crippen molar-refractivity contribution in [3.05, 3.63) is 0 Å². The number of amides is 2. The number of ether oxygens (including phenoxy) is 1. The number of hydrogen-bond donors (Lipinski definition) is 2. The minimum atomic E-state index is -0.564. The van der Waals surface area contributed by atoms with Crippen molar-refractivity contribution in [3.8, 4) is 0 Å². The summed E-state index contributed by atoms with van der Waals surface area (Å²) in [5.74, 6) is -0.146. The molecule has 100 valence electrons. The Morgan fingerprint density at radius 2 is 1.82 bits per heavy atom. The largest absolute Gasteiger partial charge is 0.444 e. The van der Waals surface area contributed by atoms with Crippen LogP contribution >= 0.6 is 0 Å². The number of alkyl carbamates (subject to hydrolysis) is 1. The fraction of sp³-hybridized carbons (Fsp3) is 0.833. The molecule has 0 rings (SSSR count). The molecule has 0 radical (unpaired) electrons. The van der Waals surface area contributed by atoms with Gasteiger partial charge in [-0.2, -0.15) is 0 Å². The summed E-state index contributed by atoms with van der Waals surface area (Å²) in [6, 6.07) is -0.556. The summed E-state index contributed by atoms with van der Waals surface area (Å²) in [6.45, 7) is 9.23. The Kier molecular flexibility index (Phi) is 5.99. The summed E-state index contributed by atoms with van der Waals surface area (Å²) in [4.78, 5) is 23.2. The molecule has 0 aliphatic rings. The van der Waals surface area contributed by atoms with Gasteiger partial charge in [0.1, 0.15) is 11.6 Å². The lowest BCUT2D eigenvalue weighted by Crippen LogP contribution is -2.50. The van der Waals surface area contributed by atoms with Gasteiger partial charge in [0.2, 0.25) is 5.91 Å². The van der Waals surface area contributed by atoms with Crippen molar-refractivity contribution in [1.82, 2.24) is 10.6 Å². The van der Waals surface area contributed by atoms with Gasteiger partial charge in [-0.3, -0.25) is 4.79 Å². The molecule has 0 saturated heterocycles. The van der Waals surface area contributed by atoms with Gasteiger partial charge in [-0.25, -0.2) is 4.79 Å². The Hall–Kier alpha value is -1.26. The van der Waals surface area contributed by atoms with Gasteiger partial charge < -0.3 is 15.4 Å². The van der Waals surface area contributed by atoms with Crippen molar-refractivity contribution >= 4 is 12.0 Å². The van der Waals surface area contributed by atoms with Gasteiger partial charge in [0.05, 0.1) is 0 Å². The SMILES string of the molecule is CC[C@H](C)[C@@H](NC(=O)OC(C)(C)C)C(=O)NC. The summed E-state index contributed by atoms with van der Waals surface area (Å²) in [7, 11) is 1.55. The van der Waals surface area contributed by atoms with Gasteiger partial charge in [-0.1, -0.05) is 20.3 Å². The van der Waals surface area contributed by atoms with E-state index in [0.717, 1.165) is 6.42 Å². The molecular weight excluding hydrogens is 220 g/mol. The zero-order chi connectivity index (χ0) is 13.6. The Labute approximate surface area is 103 Å². The van der Waals surface area contributed by atoms with Gasteiger partial charge in [0, 0.05) is 7.05 Å². The number of carbonyl (C=O) groups excluding carboxylic acids is 2. The smallest absolute Gasteiger partial charge is 0.408 e.